The predicted octanol–water partition coefficient (Wildman–Crippen LogP) is 2.03. The van der Waals surface area contributed by atoms with Gasteiger partial charge >= 0.3 is 0 Å². The monoisotopic (exact) mass is 215 g/mol. The fourth-order valence-electron chi connectivity index (χ4n) is 1.52. The Morgan fingerprint density at radius 3 is 3.06 bits per heavy atom. The standard InChI is InChI=1S/C13H13NO2/c1-14-7-2-3-10-4-5-13-11(9-10)12(15)6-8-16-13/h2-6,8-9,14H,7H2,1H3. The second kappa shape index (κ2) is 4.77. The quantitative estimate of drug-likeness (QED) is 0.851. The topological polar surface area (TPSA) is 42.2 Å². The maximum Gasteiger partial charge on any atom is 0.192 e. The molecule has 0 aliphatic carbocycles. The van der Waals surface area contributed by atoms with Crippen LogP contribution in [-0.2, 0) is 0 Å². The Kier molecular flexibility index (Phi) is 3.17. The van der Waals surface area contributed by atoms with Gasteiger partial charge in [-0.15, -0.1) is 0 Å². The van der Waals surface area contributed by atoms with Crippen molar-refractivity contribution in [2.75, 3.05) is 13.6 Å². The van der Waals surface area contributed by atoms with Crippen LogP contribution in [0.25, 0.3) is 17.0 Å². The van der Waals surface area contributed by atoms with Crippen LogP contribution in [0.4, 0.5) is 0 Å². The van der Waals surface area contributed by atoms with Gasteiger partial charge in [-0.1, -0.05) is 18.2 Å². The first-order valence-electron chi connectivity index (χ1n) is 5.14. The van der Waals surface area contributed by atoms with Crippen LogP contribution in [-0.4, -0.2) is 13.6 Å². The van der Waals surface area contributed by atoms with Gasteiger partial charge in [-0.2, -0.15) is 0 Å². The molecule has 0 saturated heterocycles. The minimum atomic E-state index is -0.00915. The molecule has 3 heteroatoms. The summed E-state index contributed by atoms with van der Waals surface area (Å²) in [6.45, 7) is 0.807. The van der Waals surface area contributed by atoms with Gasteiger partial charge in [0.1, 0.15) is 5.58 Å². The molecule has 1 heterocycles. The van der Waals surface area contributed by atoms with Crippen molar-refractivity contribution in [1.29, 1.82) is 0 Å². The number of rotatable bonds is 3. The van der Waals surface area contributed by atoms with E-state index >= 15 is 0 Å². The predicted molar refractivity (Wildman–Crippen MR) is 65.4 cm³/mol. The Morgan fingerprint density at radius 2 is 2.25 bits per heavy atom. The molecule has 1 aromatic heterocycles. The van der Waals surface area contributed by atoms with Gasteiger partial charge in [0.25, 0.3) is 0 Å². The number of fused-ring (bicyclic) bond motifs is 1. The summed E-state index contributed by atoms with van der Waals surface area (Å²) < 4.78 is 5.24. The first-order chi connectivity index (χ1) is 7.81. The number of benzene rings is 1. The lowest BCUT2D eigenvalue weighted by Crippen LogP contribution is -2.03. The van der Waals surface area contributed by atoms with Gasteiger partial charge in [-0.05, 0) is 24.7 Å². The Balaban J connectivity index is 2.43. The molecule has 0 atom stereocenters. The van der Waals surface area contributed by atoms with Crippen LogP contribution in [0.2, 0.25) is 0 Å². The Morgan fingerprint density at radius 1 is 1.38 bits per heavy atom. The van der Waals surface area contributed by atoms with E-state index in [1.54, 1.807) is 0 Å². The van der Waals surface area contributed by atoms with Crippen molar-refractivity contribution in [3.8, 4) is 0 Å². The Labute approximate surface area is 93.4 Å². The molecular formula is C13H13NO2. The normalized spacial score (nSPS) is 11.3. The van der Waals surface area contributed by atoms with Crippen molar-refractivity contribution >= 4 is 17.0 Å². The van der Waals surface area contributed by atoms with Crippen molar-refractivity contribution in [3.63, 3.8) is 0 Å². The maximum absolute atomic E-state index is 11.6. The molecule has 1 N–H and O–H groups in total. The van der Waals surface area contributed by atoms with Crippen molar-refractivity contribution in [2.45, 2.75) is 0 Å². The zero-order valence-electron chi connectivity index (χ0n) is 9.07. The molecule has 3 nitrogen and oxygen atoms in total. The molecule has 0 radical (unpaired) electrons. The van der Waals surface area contributed by atoms with Crippen LogP contribution in [0, 0.1) is 0 Å². The van der Waals surface area contributed by atoms with Gasteiger partial charge in [0.15, 0.2) is 5.43 Å². The van der Waals surface area contributed by atoms with Gasteiger partial charge in [0, 0.05) is 12.6 Å². The third-order valence-electron chi connectivity index (χ3n) is 2.32. The number of likely N-dealkylation sites (N-methyl/N-ethyl adjacent to an activating group) is 1. The third kappa shape index (κ3) is 2.20. The number of nitrogens with one attached hydrogen (secondary N) is 1. The second-order valence-electron chi connectivity index (χ2n) is 3.50. The average Bonchev–Trinajstić information content (AvgIpc) is 2.30. The maximum atomic E-state index is 11.6. The largest absolute Gasteiger partial charge is 0.464 e. The van der Waals surface area contributed by atoms with Crippen LogP contribution in [0.5, 0.6) is 0 Å². The smallest absolute Gasteiger partial charge is 0.192 e. The molecule has 0 unspecified atom stereocenters. The highest BCUT2D eigenvalue weighted by molar-refractivity contribution is 5.79. The summed E-state index contributed by atoms with van der Waals surface area (Å²) >= 11 is 0. The highest BCUT2D eigenvalue weighted by Crippen LogP contribution is 2.13. The zero-order chi connectivity index (χ0) is 11.4. The fraction of sp³-hybridized carbons (Fsp3) is 0.154. The molecule has 0 fully saturated rings. The van der Waals surface area contributed by atoms with E-state index in [1.807, 2.05) is 37.4 Å². The number of hydrogen-bond acceptors (Lipinski definition) is 3. The van der Waals surface area contributed by atoms with Gasteiger partial charge in [-0.25, -0.2) is 0 Å². The molecule has 2 rings (SSSR count). The summed E-state index contributed by atoms with van der Waals surface area (Å²) in [6, 6.07) is 7.02. The number of hydrogen-bond donors (Lipinski definition) is 1. The molecule has 82 valence electrons. The summed E-state index contributed by atoms with van der Waals surface area (Å²) in [7, 11) is 1.89. The van der Waals surface area contributed by atoms with Crippen LogP contribution in [0.1, 0.15) is 5.56 Å². The average molecular weight is 215 g/mol. The highest BCUT2D eigenvalue weighted by atomic mass is 16.3. The molecule has 0 bridgehead atoms. The van der Waals surface area contributed by atoms with Crippen LogP contribution < -0.4 is 10.7 Å². The summed E-state index contributed by atoms with van der Waals surface area (Å²) in [5.41, 5.74) is 1.62. The molecule has 2 aromatic rings. The van der Waals surface area contributed by atoms with E-state index in [0.717, 1.165) is 12.1 Å². The molecule has 0 aliphatic rings. The van der Waals surface area contributed by atoms with E-state index in [-0.39, 0.29) is 5.43 Å². The van der Waals surface area contributed by atoms with Gasteiger partial charge in [0.05, 0.1) is 11.6 Å². The van der Waals surface area contributed by atoms with Crippen molar-refractivity contribution < 1.29 is 4.42 Å². The minimum Gasteiger partial charge on any atom is -0.464 e. The van der Waals surface area contributed by atoms with Gasteiger partial charge in [0.2, 0.25) is 0 Å². The Hall–Kier alpha value is -1.87. The summed E-state index contributed by atoms with van der Waals surface area (Å²) in [6.07, 6.45) is 5.40. The van der Waals surface area contributed by atoms with E-state index in [4.69, 9.17) is 4.42 Å². The molecule has 16 heavy (non-hydrogen) atoms. The summed E-state index contributed by atoms with van der Waals surface area (Å²) in [5, 5.41) is 3.64. The first kappa shape index (κ1) is 10.6. The fourth-order valence-corrected chi connectivity index (χ4v) is 1.52. The molecule has 0 amide bonds. The van der Waals surface area contributed by atoms with Crippen LogP contribution >= 0.6 is 0 Å². The second-order valence-corrected chi connectivity index (χ2v) is 3.50. The zero-order valence-corrected chi connectivity index (χ0v) is 9.07. The SMILES string of the molecule is CNCC=Cc1ccc2occc(=O)c2c1. The summed E-state index contributed by atoms with van der Waals surface area (Å²) in [4.78, 5) is 11.6. The molecule has 0 aliphatic heterocycles. The highest BCUT2D eigenvalue weighted by Gasteiger charge is 1.99. The van der Waals surface area contributed by atoms with E-state index in [1.165, 1.54) is 12.3 Å². The van der Waals surface area contributed by atoms with E-state index < -0.39 is 0 Å². The Bertz CT molecular complexity index is 569. The van der Waals surface area contributed by atoms with Crippen molar-refractivity contribution in [3.05, 3.63) is 52.4 Å². The molecule has 0 saturated carbocycles. The van der Waals surface area contributed by atoms with Crippen molar-refractivity contribution in [2.24, 2.45) is 0 Å². The molecular weight excluding hydrogens is 202 g/mol. The third-order valence-corrected chi connectivity index (χ3v) is 2.32. The van der Waals surface area contributed by atoms with E-state index in [0.29, 0.717) is 11.0 Å². The molecule has 1 aromatic carbocycles. The van der Waals surface area contributed by atoms with E-state index in [9.17, 15) is 4.79 Å². The van der Waals surface area contributed by atoms with Crippen molar-refractivity contribution in [1.82, 2.24) is 5.32 Å². The lowest BCUT2D eigenvalue weighted by molar-refractivity contribution is 0.602. The van der Waals surface area contributed by atoms with Gasteiger partial charge < -0.3 is 9.73 Å². The van der Waals surface area contributed by atoms with Crippen LogP contribution in [0.3, 0.4) is 0 Å². The lowest BCUT2D eigenvalue weighted by Gasteiger charge is -1.97. The summed E-state index contributed by atoms with van der Waals surface area (Å²) in [5.74, 6) is 0. The first-order valence-corrected chi connectivity index (χ1v) is 5.14. The van der Waals surface area contributed by atoms with E-state index in [2.05, 4.69) is 5.32 Å². The lowest BCUT2D eigenvalue weighted by atomic mass is 10.1. The minimum absolute atomic E-state index is 0.00915. The van der Waals surface area contributed by atoms with Gasteiger partial charge in [-0.3, -0.25) is 4.79 Å². The van der Waals surface area contributed by atoms with Crippen LogP contribution in [0.15, 0.2) is 45.8 Å². The molecule has 0 spiro atoms.